The topological polar surface area (TPSA) is 50.7 Å². The first kappa shape index (κ1) is 18.5. The molecule has 6 heteroatoms. The summed E-state index contributed by atoms with van der Waals surface area (Å²) >= 11 is 6.01. The van der Waals surface area contributed by atoms with E-state index in [0.29, 0.717) is 41.8 Å². The normalized spacial score (nSPS) is 10.7. The van der Waals surface area contributed by atoms with Crippen molar-refractivity contribution in [1.29, 1.82) is 0 Å². The number of halogens is 2. The third-order valence-electron chi connectivity index (χ3n) is 3.36. The highest BCUT2D eigenvalue weighted by Gasteiger charge is 2.11. The lowest BCUT2D eigenvalue weighted by molar-refractivity contribution is 0.265. The van der Waals surface area contributed by atoms with Crippen LogP contribution in [0.2, 0.25) is 5.02 Å². The Kier molecular flexibility index (Phi) is 7.31. The van der Waals surface area contributed by atoms with Crippen LogP contribution in [0.15, 0.2) is 36.4 Å². The van der Waals surface area contributed by atoms with Crippen LogP contribution in [0, 0.1) is 5.82 Å². The summed E-state index contributed by atoms with van der Waals surface area (Å²) in [4.78, 5) is 0. The van der Waals surface area contributed by atoms with Crippen LogP contribution in [0.4, 0.5) is 4.39 Å². The van der Waals surface area contributed by atoms with Gasteiger partial charge < -0.3 is 19.9 Å². The number of nitrogens with one attached hydrogen (secondary N) is 1. The molecule has 130 valence electrons. The van der Waals surface area contributed by atoms with Crippen LogP contribution in [-0.4, -0.2) is 24.9 Å². The van der Waals surface area contributed by atoms with Crippen LogP contribution in [-0.2, 0) is 13.2 Å². The molecule has 0 aliphatic heterocycles. The van der Waals surface area contributed by atoms with Gasteiger partial charge in [0.15, 0.2) is 11.5 Å². The van der Waals surface area contributed by atoms with Crippen LogP contribution >= 0.6 is 11.6 Å². The third kappa shape index (κ3) is 5.09. The fourth-order valence-electron chi connectivity index (χ4n) is 2.18. The van der Waals surface area contributed by atoms with Gasteiger partial charge in [-0.3, -0.25) is 0 Å². The standard InChI is InChI=1S/C18H21ClFNO3/c1-2-23-18-10-13(11-21-8-9-22)6-7-17(18)24-12-14-15(19)4-3-5-16(14)20/h3-7,10,21-22H,2,8-9,11-12H2,1H3. The highest BCUT2D eigenvalue weighted by Crippen LogP contribution is 2.30. The van der Waals surface area contributed by atoms with E-state index in [1.54, 1.807) is 18.2 Å². The number of ether oxygens (including phenoxy) is 2. The second kappa shape index (κ2) is 9.47. The van der Waals surface area contributed by atoms with Crippen molar-refractivity contribution in [3.8, 4) is 11.5 Å². The van der Waals surface area contributed by atoms with Crippen molar-refractivity contribution in [2.75, 3.05) is 19.8 Å². The lowest BCUT2D eigenvalue weighted by Gasteiger charge is -2.14. The Hall–Kier alpha value is -1.82. The van der Waals surface area contributed by atoms with Crippen molar-refractivity contribution in [2.24, 2.45) is 0 Å². The molecule has 0 saturated heterocycles. The molecule has 2 aromatic rings. The lowest BCUT2D eigenvalue weighted by Crippen LogP contribution is -2.17. The zero-order valence-corrected chi connectivity index (χ0v) is 14.3. The number of rotatable bonds is 9. The monoisotopic (exact) mass is 353 g/mol. The molecule has 0 atom stereocenters. The molecule has 2 aromatic carbocycles. The summed E-state index contributed by atoms with van der Waals surface area (Å²) in [5.74, 6) is 0.723. The minimum absolute atomic E-state index is 0.0215. The zero-order valence-electron chi connectivity index (χ0n) is 13.5. The van der Waals surface area contributed by atoms with Gasteiger partial charge >= 0.3 is 0 Å². The lowest BCUT2D eigenvalue weighted by atomic mass is 10.2. The van der Waals surface area contributed by atoms with Gasteiger partial charge in [0.1, 0.15) is 12.4 Å². The van der Waals surface area contributed by atoms with E-state index in [1.807, 2.05) is 19.1 Å². The van der Waals surface area contributed by atoms with Crippen molar-refractivity contribution >= 4 is 11.6 Å². The van der Waals surface area contributed by atoms with Gasteiger partial charge in [-0.2, -0.15) is 0 Å². The second-order valence-electron chi connectivity index (χ2n) is 5.10. The second-order valence-corrected chi connectivity index (χ2v) is 5.51. The third-order valence-corrected chi connectivity index (χ3v) is 3.71. The van der Waals surface area contributed by atoms with E-state index < -0.39 is 5.82 Å². The summed E-state index contributed by atoms with van der Waals surface area (Å²) in [6, 6.07) is 10.1. The molecule has 0 spiro atoms. The Balaban J connectivity index is 2.11. The Bertz CT molecular complexity index is 646. The van der Waals surface area contributed by atoms with Crippen LogP contribution < -0.4 is 14.8 Å². The molecule has 2 N–H and O–H groups in total. The molecule has 0 saturated carbocycles. The average molecular weight is 354 g/mol. The predicted molar refractivity (Wildman–Crippen MR) is 92.1 cm³/mol. The molecule has 0 aliphatic rings. The van der Waals surface area contributed by atoms with Crippen LogP contribution in [0.1, 0.15) is 18.1 Å². The summed E-state index contributed by atoms with van der Waals surface area (Å²) in [6.45, 7) is 3.61. The van der Waals surface area contributed by atoms with Crippen molar-refractivity contribution < 1.29 is 19.0 Å². The summed E-state index contributed by atoms with van der Waals surface area (Å²) in [5, 5.41) is 12.2. The SMILES string of the molecule is CCOc1cc(CNCCO)ccc1OCc1c(F)cccc1Cl. The maximum absolute atomic E-state index is 13.8. The first-order chi connectivity index (χ1) is 11.7. The van der Waals surface area contributed by atoms with Crippen molar-refractivity contribution in [3.63, 3.8) is 0 Å². The first-order valence-electron chi connectivity index (χ1n) is 7.78. The van der Waals surface area contributed by atoms with E-state index in [-0.39, 0.29) is 13.2 Å². The van der Waals surface area contributed by atoms with Gasteiger partial charge in [0.05, 0.1) is 18.2 Å². The smallest absolute Gasteiger partial charge is 0.161 e. The molecule has 2 rings (SSSR count). The van der Waals surface area contributed by atoms with E-state index in [4.69, 9.17) is 26.2 Å². The van der Waals surface area contributed by atoms with E-state index >= 15 is 0 Å². The molecular formula is C18H21ClFNO3. The molecule has 24 heavy (non-hydrogen) atoms. The minimum atomic E-state index is -0.398. The van der Waals surface area contributed by atoms with Gasteiger partial charge in [0.25, 0.3) is 0 Å². The molecule has 0 fully saturated rings. The number of hydrogen-bond donors (Lipinski definition) is 2. The average Bonchev–Trinajstić information content (AvgIpc) is 2.56. The molecule has 0 aliphatic carbocycles. The molecular weight excluding hydrogens is 333 g/mol. The Labute approximate surface area is 146 Å². The maximum atomic E-state index is 13.8. The van der Waals surface area contributed by atoms with Gasteiger partial charge in [-0.25, -0.2) is 4.39 Å². The largest absolute Gasteiger partial charge is 0.490 e. The fraction of sp³-hybridized carbons (Fsp3) is 0.333. The van der Waals surface area contributed by atoms with Gasteiger partial charge in [-0.05, 0) is 36.8 Å². The number of hydrogen-bond acceptors (Lipinski definition) is 4. The van der Waals surface area contributed by atoms with Crippen molar-refractivity contribution in [1.82, 2.24) is 5.32 Å². The summed E-state index contributed by atoms with van der Waals surface area (Å²) in [5.41, 5.74) is 1.32. The molecule has 0 radical (unpaired) electrons. The molecule has 0 heterocycles. The Morgan fingerprint density at radius 1 is 1.17 bits per heavy atom. The molecule has 0 amide bonds. The van der Waals surface area contributed by atoms with Crippen molar-refractivity contribution in [2.45, 2.75) is 20.1 Å². The van der Waals surface area contributed by atoms with E-state index in [1.165, 1.54) is 6.07 Å². The van der Waals surface area contributed by atoms with Gasteiger partial charge in [-0.15, -0.1) is 0 Å². The van der Waals surface area contributed by atoms with Gasteiger partial charge in [0, 0.05) is 18.7 Å². The van der Waals surface area contributed by atoms with Gasteiger partial charge in [0.2, 0.25) is 0 Å². The Morgan fingerprint density at radius 3 is 2.71 bits per heavy atom. The number of aliphatic hydroxyl groups is 1. The number of aliphatic hydroxyl groups excluding tert-OH is 1. The first-order valence-corrected chi connectivity index (χ1v) is 8.16. The molecule has 0 unspecified atom stereocenters. The fourth-order valence-corrected chi connectivity index (χ4v) is 2.40. The summed E-state index contributed by atoms with van der Waals surface area (Å²) in [6.07, 6.45) is 0. The molecule has 0 aromatic heterocycles. The van der Waals surface area contributed by atoms with Crippen LogP contribution in [0.3, 0.4) is 0 Å². The molecule has 0 bridgehead atoms. The Morgan fingerprint density at radius 2 is 2.00 bits per heavy atom. The molecule has 4 nitrogen and oxygen atoms in total. The van der Waals surface area contributed by atoms with E-state index in [9.17, 15) is 4.39 Å². The summed E-state index contributed by atoms with van der Waals surface area (Å²) in [7, 11) is 0. The predicted octanol–water partition coefficient (Wildman–Crippen LogP) is 3.54. The van der Waals surface area contributed by atoms with Crippen molar-refractivity contribution in [3.05, 3.63) is 58.4 Å². The van der Waals surface area contributed by atoms with Crippen LogP contribution in [0.25, 0.3) is 0 Å². The number of benzene rings is 2. The highest BCUT2D eigenvalue weighted by atomic mass is 35.5. The zero-order chi connectivity index (χ0) is 17.4. The highest BCUT2D eigenvalue weighted by molar-refractivity contribution is 6.31. The van der Waals surface area contributed by atoms with Crippen LogP contribution in [0.5, 0.6) is 11.5 Å². The maximum Gasteiger partial charge on any atom is 0.161 e. The summed E-state index contributed by atoms with van der Waals surface area (Å²) < 4.78 is 25.1. The van der Waals surface area contributed by atoms with Gasteiger partial charge in [-0.1, -0.05) is 23.7 Å². The minimum Gasteiger partial charge on any atom is -0.490 e. The van der Waals surface area contributed by atoms with E-state index in [2.05, 4.69) is 5.32 Å². The van der Waals surface area contributed by atoms with E-state index in [0.717, 1.165) is 5.56 Å². The quantitative estimate of drug-likeness (QED) is 0.677.